The van der Waals surface area contributed by atoms with Gasteiger partial charge in [-0.15, -0.1) is 0 Å². The fourth-order valence-electron chi connectivity index (χ4n) is 0.0561. The van der Waals surface area contributed by atoms with Gasteiger partial charge in [-0.3, -0.25) is 0 Å². The second-order valence-corrected chi connectivity index (χ2v) is 1.41. The van der Waals surface area contributed by atoms with E-state index in [1.807, 2.05) is 5.40 Å². The number of hydrogen-bond acceptors (Lipinski definition) is 2. The molecule has 0 fully saturated rings. The maximum Gasteiger partial charge on any atom is 0.138 e. The predicted octanol–water partition coefficient (Wildman–Crippen LogP) is 1.91. The minimum atomic E-state index is 1.00. The molecule has 32 valence electrons. The van der Waals surface area contributed by atoms with Crippen LogP contribution in [0.1, 0.15) is 0 Å². The zero-order chi connectivity index (χ0) is 4.83. The molecule has 0 N–H and O–H groups in total. The molecule has 0 atom stereocenters. The fraction of sp³-hybridized carbons (Fsp3) is 0. The van der Waals surface area contributed by atoms with Crippen LogP contribution in [0.5, 0.6) is 0 Å². The highest BCUT2D eigenvalue weighted by atomic mass is 35.5. The fourth-order valence-corrected chi connectivity index (χ4v) is 0.323. The van der Waals surface area contributed by atoms with Crippen molar-refractivity contribution < 1.29 is 0 Å². The first-order chi connectivity index (χ1) is 2.91. The summed E-state index contributed by atoms with van der Waals surface area (Å²) in [5.74, 6) is 0. The molecule has 1 nitrogen and oxygen atoms in total. The SMILES string of the molecule is N#CS/C=C\Cl. The Balaban J connectivity index is 2.92. The van der Waals surface area contributed by atoms with Crippen LogP contribution in [0.15, 0.2) is 10.9 Å². The summed E-state index contributed by atoms with van der Waals surface area (Å²) < 4.78 is 0. The molecule has 0 aromatic carbocycles. The van der Waals surface area contributed by atoms with Crippen LogP contribution >= 0.6 is 23.4 Å². The summed E-state index contributed by atoms with van der Waals surface area (Å²) in [6, 6.07) is 0. The molecule has 0 bridgehead atoms. The Labute approximate surface area is 45.6 Å². The predicted molar refractivity (Wildman–Crippen MR) is 28.2 cm³/mol. The largest absolute Gasteiger partial charge is 0.185 e. The molecule has 0 aromatic rings. The highest BCUT2D eigenvalue weighted by molar-refractivity contribution is 8.06. The number of nitriles is 1. The third-order valence-corrected chi connectivity index (χ3v) is 0.825. The second kappa shape index (κ2) is 4.87. The smallest absolute Gasteiger partial charge is 0.138 e. The van der Waals surface area contributed by atoms with Gasteiger partial charge in [0.1, 0.15) is 5.40 Å². The molecule has 0 saturated heterocycles. The van der Waals surface area contributed by atoms with E-state index in [-0.39, 0.29) is 0 Å². The summed E-state index contributed by atoms with van der Waals surface area (Å²) in [6.45, 7) is 0. The first-order valence-electron chi connectivity index (χ1n) is 1.21. The molecule has 0 aliphatic heterocycles. The minimum absolute atomic E-state index is 1.00. The van der Waals surface area contributed by atoms with Crippen molar-refractivity contribution in [3.63, 3.8) is 0 Å². The van der Waals surface area contributed by atoms with Crippen molar-refractivity contribution in [1.82, 2.24) is 0 Å². The number of halogens is 1. The molecule has 3 heteroatoms. The van der Waals surface area contributed by atoms with Crippen LogP contribution in [0.25, 0.3) is 0 Å². The van der Waals surface area contributed by atoms with Crippen molar-refractivity contribution in [2.75, 3.05) is 0 Å². The van der Waals surface area contributed by atoms with Gasteiger partial charge < -0.3 is 0 Å². The van der Waals surface area contributed by atoms with Crippen molar-refractivity contribution in [1.29, 1.82) is 5.26 Å². The van der Waals surface area contributed by atoms with Gasteiger partial charge in [0.25, 0.3) is 0 Å². The molecular formula is C3H2ClNS. The summed E-state index contributed by atoms with van der Waals surface area (Å²) in [6.07, 6.45) is 0. The summed E-state index contributed by atoms with van der Waals surface area (Å²) in [5, 5.41) is 11.1. The lowest BCUT2D eigenvalue weighted by molar-refractivity contribution is 1.57. The van der Waals surface area contributed by atoms with E-state index in [4.69, 9.17) is 16.9 Å². The van der Waals surface area contributed by atoms with Crippen LogP contribution in [0.3, 0.4) is 0 Å². The van der Waals surface area contributed by atoms with Crippen molar-refractivity contribution >= 4 is 23.4 Å². The molecule has 0 spiro atoms. The number of thioether (sulfide) groups is 1. The van der Waals surface area contributed by atoms with Crippen LogP contribution < -0.4 is 0 Å². The Morgan fingerprint density at radius 1 is 1.83 bits per heavy atom. The van der Waals surface area contributed by atoms with Crippen LogP contribution in [0.4, 0.5) is 0 Å². The van der Waals surface area contributed by atoms with Gasteiger partial charge in [0.2, 0.25) is 0 Å². The zero-order valence-corrected chi connectivity index (χ0v) is 4.46. The molecular weight excluding hydrogens is 118 g/mol. The standard InChI is InChI=1S/C3H2ClNS/c4-1-2-6-3-5/h1-2H/b2-1-. The van der Waals surface area contributed by atoms with Crippen molar-refractivity contribution in [3.8, 4) is 5.40 Å². The van der Waals surface area contributed by atoms with E-state index in [0.717, 1.165) is 11.8 Å². The zero-order valence-electron chi connectivity index (χ0n) is 2.89. The van der Waals surface area contributed by atoms with E-state index in [0.29, 0.717) is 0 Å². The molecule has 0 saturated carbocycles. The average Bonchev–Trinajstić information content (AvgIpc) is 1.61. The van der Waals surface area contributed by atoms with Gasteiger partial charge in [-0.05, 0) is 17.2 Å². The van der Waals surface area contributed by atoms with Crippen molar-refractivity contribution in [3.05, 3.63) is 10.9 Å². The Morgan fingerprint density at radius 3 is 2.67 bits per heavy atom. The third-order valence-electron chi connectivity index (χ3n) is 0.172. The maximum atomic E-state index is 7.80. The molecule has 0 unspecified atom stereocenters. The number of nitrogens with zero attached hydrogens (tertiary/aromatic N) is 1. The molecule has 0 amide bonds. The molecule has 0 radical (unpaired) electrons. The Hall–Kier alpha value is -0.130. The monoisotopic (exact) mass is 119 g/mol. The third kappa shape index (κ3) is 3.87. The van der Waals surface area contributed by atoms with Gasteiger partial charge in [-0.1, -0.05) is 11.6 Å². The van der Waals surface area contributed by atoms with Gasteiger partial charge in [-0.2, -0.15) is 5.26 Å². The van der Waals surface area contributed by atoms with Crippen LogP contribution in [0.2, 0.25) is 0 Å². The van der Waals surface area contributed by atoms with Crippen LogP contribution in [0, 0.1) is 10.7 Å². The van der Waals surface area contributed by atoms with E-state index in [1.54, 1.807) is 0 Å². The van der Waals surface area contributed by atoms with E-state index >= 15 is 0 Å². The lowest BCUT2D eigenvalue weighted by Crippen LogP contribution is -1.32. The molecule has 0 aliphatic carbocycles. The molecule has 6 heavy (non-hydrogen) atoms. The minimum Gasteiger partial charge on any atom is -0.185 e. The van der Waals surface area contributed by atoms with E-state index in [1.165, 1.54) is 10.9 Å². The highest BCUT2D eigenvalue weighted by Crippen LogP contribution is 1.97. The van der Waals surface area contributed by atoms with E-state index in [9.17, 15) is 0 Å². The van der Waals surface area contributed by atoms with Crippen molar-refractivity contribution in [2.45, 2.75) is 0 Å². The second-order valence-electron chi connectivity index (χ2n) is 0.471. The topological polar surface area (TPSA) is 23.8 Å². The average molecular weight is 120 g/mol. The van der Waals surface area contributed by atoms with Gasteiger partial charge in [-0.25, -0.2) is 0 Å². The number of rotatable bonds is 1. The molecule has 0 aromatic heterocycles. The first kappa shape index (κ1) is 5.87. The number of thiocyanates is 1. The lowest BCUT2D eigenvalue weighted by Gasteiger charge is -1.60. The highest BCUT2D eigenvalue weighted by Gasteiger charge is 1.63. The normalized spacial score (nSPS) is 8.67. The Kier molecular flexibility index (Phi) is 4.76. The quantitative estimate of drug-likeness (QED) is 0.493. The van der Waals surface area contributed by atoms with Crippen molar-refractivity contribution in [2.24, 2.45) is 0 Å². The lowest BCUT2D eigenvalue weighted by atomic mass is 11.3. The van der Waals surface area contributed by atoms with Gasteiger partial charge in [0.15, 0.2) is 0 Å². The van der Waals surface area contributed by atoms with Gasteiger partial charge in [0, 0.05) is 5.54 Å². The molecule has 0 aliphatic rings. The Morgan fingerprint density at radius 2 is 2.50 bits per heavy atom. The number of hydrogen-bond donors (Lipinski definition) is 0. The van der Waals surface area contributed by atoms with E-state index < -0.39 is 0 Å². The summed E-state index contributed by atoms with van der Waals surface area (Å²) in [4.78, 5) is 0. The van der Waals surface area contributed by atoms with Gasteiger partial charge in [0.05, 0.1) is 0 Å². The van der Waals surface area contributed by atoms with E-state index in [2.05, 4.69) is 0 Å². The molecule has 0 heterocycles. The van der Waals surface area contributed by atoms with Crippen LogP contribution in [-0.2, 0) is 0 Å². The summed E-state index contributed by atoms with van der Waals surface area (Å²) in [5.41, 5.74) is 1.30. The Bertz CT molecular complexity index is 83.3. The molecule has 0 rings (SSSR count). The van der Waals surface area contributed by atoms with Crippen LogP contribution in [-0.4, -0.2) is 0 Å². The maximum absolute atomic E-state index is 7.80. The van der Waals surface area contributed by atoms with Gasteiger partial charge >= 0.3 is 0 Å². The summed E-state index contributed by atoms with van der Waals surface area (Å²) >= 11 is 6.03. The first-order valence-corrected chi connectivity index (χ1v) is 2.53. The summed E-state index contributed by atoms with van der Waals surface area (Å²) in [7, 11) is 0.